The molecular formula is C17H32. The van der Waals surface area contributed by atoms with Gasteiger partial charge in [-0.05, 0) is 19.3 Å². The maximum absolute atomic E-state index is 3.70. The zero-order valence-corrected chi connectivity index (χ0v) is 11.9. The van der Waals surface area contributed by atoms with E-state index in [2.05, 4.69) is 25.7 Å². The molecule has 0 N–H and O–H groups in total. The summed E-state index contributed by atoms with van der Waals surface area (Å²) in [5.41, 5.74) is 0. The Morgan fingerprint density at radius 1 is 0.706 bits per heavy atom. The van der Waals surface area contributed by atoms with Gasteiger partial charge in [-0.3, -0.25) is 0 Å². The summed E-state index contributed by atoms with van der Waals surface area (Å²) < 4.78 is 0. The number of rotatable bonds is 13. The van der Waals surface area contributed by atoms with Crippen LogP contribution < -0.4 is 0 Å². The van der Waals surface area contributed by atoms with Crippen molar-refractivity contribution in [2.24, 2.45) is 0 Å². The molecule has 0 spiro atoms. The third-order valence-corrected chi connectivity index (χ3v) is 3.19. The van der Waals surface area contributed by atoms with Crippen molar-refractivity contribution in [2.75, 3.05) is 0 Å². The van der Waals surface area contributed by atoms with Gasteiger partial charge in [0.25, 0.3) is 0 Å². The van der Waals surface area contributed by atoms with Gasteiger partial charge in [-0.15, -0.1) is 6.58 Å². The van der Waals surface area contributed by atoms with E-state index in [-0.39, 0.29) is 0 Å². The second kappa shape index (κ2) is 15.5. The summed E-state index contributed by atoms with van der Waals surface area (Å²) in [7, 11) is 0. The molecule has 0 saturated heterocycles. The zero-order valence-electron chi connectivity index (χ0n) is 11.9. The van der Waals surface area contributed by atoms with Crippen LogP contribution in [-0.4, -0.2) is 0 Å². The van der Waals surface area contributed by atoms with Gasteiger partial charge in [0.1, 0.15) is 0 Å². The molecule has 100 valence electrons. The molecule has 0 saturated carbocycles. The van der Waals surface area contributed by atoms with Gasteiger partial charge in [0.15, 0.2) is 0 Å². The standard InChI is InChI=1S/C17H32/c1-3-5-7-9-11-13-15-17-16-14-12-10-8-6-4-2/h3,7,9H,1,4-6,8,10-17H2,2H3/b9-7+. The van der Waals surface area contributed by atoms with Crippen LogP contribution in [0.25, 0.3) is 0 Å². The van der Waals surface area contributed by atoms with Gasteiger partial charge in [-0.25, -0.2) is 0 Å². The quantitative estimate of drug-likeness (QED) is 0.255. The fourth-order valence-electron chi connectivity index (χ4n) is 2.06. The molecular weight excluding hydrogens is 204 g/mol. The van der Waals surface area contributed by atoms with E-state index in [1.54, 1.807) is 0 Å². The molecule has 0 aliphatic carbocycles. The highest BCUT2D eigenvalue weighted by atomic mass is 14.0. The van der Waals surface area contributed by atoms with E-state index in [0.29, 0.717) is 0 Å². The smallest absolute Gasteiger partial charge is 0.0172 e. The molecule has 0 aromatic heterocycles. The van der Waals surface area contributed by atoms with Crippen LogP contribution in [0.5, 0.6) is 0 Å². The van der Waals surface area contributed by atoms with Crippen molar-refractivity contribution in [3.05, 3.63) is 24.8 Å². The third kappa shape index (κ3) is 15.5. The molecule has 0 aromatic carbocycles. The molecule has 0 unspecified atom stereocenters. The summed E-state index contributed by atoms with van der Waals surface area (Å²) in [5.74, 6) is 0. The minimum absolute atomic E-state index is 1.03. The summed E-state index contributed by atoms with van der Waals surface area (Å²) in [6, 6.07) is 0. The van der Waals surface area contributed by atoms with E-state index in [0.717, 1.165) is 6.42 Å². The molecule has 0 rings (SSSR count). The van der Waals surface area contributed by atoms with Crippen LogP contribution in [0.1, 0.15) is 84.0 Å². The molecule has 17 heavy (non-hydrogen) atoms. The number of unbranched alkanes of at least 4 members (excludes halogenated alkanes) is 10. The average molecular weight is 236 g/mol. The molecule has 0 atom stereocenters. The van der Waals surface area contributed by atoms with Crippen LogP contribution in [0.4, 0.5) is 0 Å². The van der Waals surface area contributed by atoms with Crippen molar-refractivity contribution in [1.82, 2.24) is 0 Å². The Kier molecular flexibility index (Phi) is 15.0. The Bertz CT molecular complexity index is 167. The molecule has 0 heteroatoms. The van der Waals surface area contributed by atoms with E-state index in [4.69, 9.17) is 0 Å². The van der Waals surface area contributed by atoms with Gasteiger partial charge < -0.3 is 0 Å². The Morgan fingerprint density at radius 3 is 1.76 bits per heavy atom. The molecule has 0 radical (unpaired) electrons. The molecule has 0 nitrogen and oxygen atoms in total. The van der Waals surface area contributed by atoms with Crippen molar-refractivity contribution < 1.29 is 0 Å². The summed E-state index contributed by atoms with van der Waals surface area (Å²) in [6.07, 6.45) is 23.0. The van der Waals surface area contributed by atoms with E-state index >= 15 is 0 Å². The summed E-state index contributed by atoms with van der Waals surface area (Å²) in [5, 5.41) is 0. The zero-order chi connectivity index (χ0) is 12.6. The van der Waals surface area contributed by atoms with Crippen LogP contribution >= 0.6 is 0 Å². The van der Waals surface area contributed by atoms with Crippen molar-refractivity contribution in [1.29, 1.82) is 0 Å². The molecule has 0 fully saturated rings. The Balaban J connectivity index is 2.96. The Hall–Kier alpha value is -0.520. The molecule has 0 bridgehead atoms. The van der Waals surface area contributed by atoms with E-state index in [9.17, 15) is 0 Å². The highest BCUT2D eigenvalue weighted by Crippen LogP contribution is 2.11. The number of hydrogen-bond donors (Lipinski definition) is 0. The SMILES string of the molecule is C=CC/C=C/CCCCCCCCCCCC. The fourth-order valence-corrected chi connectivity index (χ4v) is 2.06. The van der Waals surface area contributed by atoms with Crippen LogP contribution in [0.2, 0.25) is 0 Å². The second-order valence-electron chi connectivity index (χ2n) is 4.97. The predicted octanol–water partition coefficient (Wildman–Crippen LogP) is 6.43. The van der Waals surface area contributed by atoms with E-state index in [1.807, 2.05) is 6.08 Å². The third-order valence-electron chi connectivity index (χ3n) is 3.19. The highest BCUT2D eigenvalue weighted by molar-refractivity contribution is 4.87. The first kappa shape index (κ1) is 16.5. The molecule has 0 heterocycles. The first-order chi connectivity index (χ1) is 8.41. The summed E-state index contributed by atoms with van der Waals surface area (Å²) in [4.78, 5) is 0. The lowest BCUT2D eigenvalue weighted by molar-refractivity contribution is 0.557. The highest BCUT2D eigenvalue weighted by Gasteiger charge is 1.91. The molecule has 0 aliphatic heterocycles. The first-order valence-corrected chi connectivity index (χ1v) is 7.67. The van der Waals surface area contributed by atoms with Crippen molar-refractivity contribution >= 4 is 0 Å². The second-order valence-corrected chi connectivity index (χ2v) is 4.97. The van der Waals surface area contributed by atoms with E-state index < -0.39 is 0 Å². The number of hydrogen-bond acceptors (Lipinski definition) is 0. The average Bonchev–Trinajstić information content (AvgIpc) is 2.35. The maximum atomic E-state index is 3.70. The first-order valence-electron chi connectivity index (χ1n) is 7.67. The Morgan fingerprint density at radius 2 is 1.24 bits per heavy atom. The van der Waals surface area contributed by atoms with Crippen molar-refractivity contribution in [3.8, 4) is 0 Å². The van der Waals surface area contributed by atoms with Gasteiger partial charge >= 0.3 is 0 Å². The molecule has 0 aliphatic rings. The number of allylic oxidation sites excluding steroid dienone is 3. The fraction of sp³-hybridized carbons (Fsp3) is 0.765. The van der Waals surface area contributed by atoms with Crippen LogP contribution in [0.15, 0.2) is 24.8 Å². The summed E-state index contributed by atoms with van der Waals surface area (Å²) >= 11 is 0. The van der Waals surface area contributed by atoms with Crippen LogP contribution in [0.3, 0.4) is 0 Å². The van der Waals surface area contributed by atoms with Gasteiger partial charge in [0.05, 0.1) is 0 Å². The van der Waals surface area contributed by atoms with E-state index in [1.165, 1.54) is 70.6 Å². The lowest BCUT2D eigenvalue weighted by Crippen LogP contribution is -1.81. The van der Waals surface area contributed by atoms with Gasteiger partial charge in [0, 0.05) is 0 Å². The minimum Gasteiger partial charge on any atom is -0.103 e. The van der Waals surface area contributed by atoms with Crippen molar-refractivity contribution in [2.45, 2.75) is 84.0 Å². The lowest BCUT2D eigenvalue weighted by atomic mass is 10.1. The van der Waals surface area contributed by atoms with Gasteiger partial charge in [0.2, 0.25) is 0 Å². The largest absolute Gasteiger partial charge is 0.103 e. The van der Waals surface area contributed by atoms with Gasteiger partial charge in [-0.1, -0.05) is 82.9 Å². The lowest BCUT2D eigenvalue weighted by Gasteiger charge is -2.01. The predicted molar refractivity (Wildman–Crippen MR) is 80.4 cm³/mol. The van der Waals surface area contributed by atoms with Crippen LogP contribution in [0, 0.1) is 0 Å². The van der Waals surface area contributed by atoms with Crippen LogP contribution in [-0.2, 0) is 0 Å². The normalized spacial score (nSPS) is 11.1. The molecule has 0 aromatic rings. The minimum atomic E-state index is 1.03. The Labute approximate surface area is 109 Å². The molecule has 0 amide bonds. The monoisotopic (exact) mass is 236 g/mol. The summed E-state index contributed by atoms with van der Waals surface area (Å²) in [6.45, 7) is 5.98. The van der Waals surface area contributed by atoms with Crippen molar-refractivity contribution in [3.63, 3.8) is 0 Å². The topological polar surface area (TPSA) is 0 Å². The maximum Gasteiger partial charge on any atom is -0.0172 e. The van der Waals surface area contributed by atoms with Gasteiger partial charge in [-0.2, -0.15) is 0 Å².